The van der Waals surface area contributed by atoms with E-state index in [1.165, 1.54) is 18.4 Å². The quantitative estimate of drug-likeness (QED) is 0.899. The molecule has 3 rings (SSSR count). The molecule has 20 heavy (non-hydrogen) atoms. The molecule has 1 saturated carbocycles. The Morgan fingerprint density at radius 1 is 1.15 bits per heavy atom. The van der Waals surface area contributed by atoms with E-state index in [0.29, 0.717) is 0 Å². The zero-order chi connectivity index (χ0) is 14.1. The first-order valence-electron chi connectivity index (χ1n) is 7.51. The van der Waals surface area contributed by atoms with Gasteiger partial charge in [-0.25, -0.2) is 4.79 Å². The number of nitrogens with one attached hydrogen (secondary N) is 1. The van der Waals surface area contributed by atoms with Crippen LogP contribution in [0.15, 0.2) is 18.2 Å². The third-order valence-corrected chi connectivity index (χ3v) is 4.51. The van der Waals surface area contributed by atoms with Crippen molar-refractivity contribution in [3.63, 3.8) is 0 Å². The number of urea groups is 1. The Balaban J connectivity index is 1.58. The Kier molecular flexibility index (Phi) is 3.66. The summed E-state index contributed by atoms with van der Waals surface area (Å²) >= 11 is 0. The normalized spacial score (nSPS) is 20.0. The number of carbonyl (C=O) groups excluding carboxylic acids is 1. The molecule has 0 spiro atoms. The first-order chi connectivity index (χ1) is 9.65. The van der Waals surface area contributed by atoms with E-state index in [4.69, 9.17) is 0 Å². The van der Waals surface area contributed by atoms with Crippen LogP contribution in [-0.2, 0) is 0 Å². The van der Waals surface area contributed by atoms with Crippen LogP contribution in [-0.4, -0.2) is 48.1 Å². The van der Waals surface area contributed by atoms with Gasteiger partial charge in [0.15, 0.2) is 0 Å². The fourth-order valence-electron chi connectivity index (χ4n) is 2.81. The molecule has 0 bridgehead atoms. The van der Waals surface area contributed by atoms with E-state index >= 15 is 0 Å². The van der Waals surface area contributed by atoms with Crippen LogP contribution >= 0.6 is 0 Å². The molecule has 1 aliphatic heterocycles. The average Bonchev–Trinajstić information content (AvgIpc) is 3.29. The van der Waals surface area contributed by atoms with Crippen LogP contribution in [0.2, 0.25) is 0 Å². The molecule has 1 heterocycles. The van der Waals surface area contributed by atoms with Gasteiger partial charge in [0.2, 0.25) is 0 Å². The number of rotatable bonds is 2. The third-order valence-electron chi connectivity index (χ3n) is 4.51. The molecule has 0 radical (unpaired) electrons. The number of piperazine rings is 1. The van der Waals surface area contributed by atoms with Crippen molar-refractivity contribution in [1.29, 1.82) is 0 Å². The van der Waals surface area contributed by atoms with Crippen LogP contribution in [0.1, 0.15) is 24.0 Å². The number of amides is 2. The van der Waals surface area contributed by atoms with E-state index in [1.54, 1.807) is 0 Å². The molecule has 0 unspecified atom stereocenters. The fourth-order valence-corrected chi connectivity index (χ4v) is 2.81. The van der Waals surface area contributed by atoms with E-state index in [1.807, 2.05) is 17.0 Å². The largest absolute Gasteiger partial charge is 0.322 e. The van der Waals surface area contributed by atoms with Gasteiger partial charge in [-0.05, 0) is 43.9 Å². The van der Waals surface area contributed by atoms with Gasteiger partial charge in [-0.1, -0.05) is 12.1 Å². The van der Waals surface area contributed by atoms with E-state index in [9.17, 15) is 4.79 Å². The van der Waals surface area contributed by atoms with Gasteiger partial charge in [0.25, 0.3) is 0 Å². The maximum atomic E-state index is 12.3. The molecule has 4 nitrogen and oxygen atoms in total. The van der Waals surface area contributed by atoms with Crippen molar-refractivity contribution in [3.8, 4) is 0 Å². The van der Waals surface area contributed by atoms with Gasteiger partial charge < -0.3 is 10.2 Å². The monoisotopic (exact) mass is 273 g/mol. The second-order valence-corrected chi connectivity index (χ2v) is 5.93. The second kappa shape index (κ2) is 5.44. The lowest BCUT2D eigenvalue weighted by Gasteiger charge is -2.34. The lowest BCUT2D eigenvalue weighted by molar-refractivity contribution is 0.142. The highest BCUT2D eigenvalue weighted by molar-refractivity contribution is 5.90. The second-order valence-electron chi connectivity index (χ2n) is 5.93. The summed E-state index contributed by atoms with van der Waals surface area (Å²) in [5, 5.41) is 3.05. The summed E-state index contributed by atoms with van der Waals surface area (Å²) in [6, 6.07) is 6.87. The van der Waals surface area contributed by atoms with Crippen LogP contribution < -0.4 is 5.32 Å². The number of benzene rings is 1. The van der Waals surface area contributed by atoms with Crippen molar-refractivity contribution in [3.05, 3.63) is 29.3 Å². The van der Waals surface area contributed by atoms with Crippen molar-refractivity contribution < 1.29 is 4.79 Å². The summed E-state index contributed by atoms with van der Waals surface area (Å²) in [6.07, 6.45) is 2.68. The number of aryl methyl sites for hydroxylation is 1. The molecule has 108 valence electrons. The lowest BCUT2D eigenvalue weighted by atomic mass is 10.1. The van der Waals surface area contributed by atoms with E-state index in [2.05, 4.69) is 30.1 Å². The lowest BCUT2D eigenvalue weighted by Crippen LogP contribution is -2.50. The summed E-state index contributed by atoms with van der Waals surface area (Å²) in [5.74, 6) is 0. The molecule has 1 N–H and O–H groups in total. The Labute approximate surface area is 120 Å². The highest BCUT2D eigenvalue weighted by atomic mass is 16.2. The van der Waals surface area contributed by atoms with Crippen LogP contribution in [0.4, 0.5) is 10.5 Å². The van der Waals surface area contributed by atoms with Gasteiger partial charge in [0, 0.05) is 37.9 Å². The highest BCUT2D eigenvalue weighted by Gasteiger charge is 2.32. The maximum Gasteiger partial charge on any atom is 0.321 e. The predicted octanol–water partition coefficient (Wildman–Crippen LogP) is 2.62. The molecule has 1 aromatic rings. The molecule has 4 heteroatoms. The van der Waals surface area contributed by atoms with E-state index < -0.39 is 0 Å². The number of hydrogen-bond donors (Lipinski definition) is 1. The maximum absolute atomic E-state index is 12.3. The van der Waals surface area contributed by atoms with E-state index in [0.717, 1.165) is 43.5 Å². The molecule has 1 aliphatic carbocycles. The number of hydrogen-bond acceptors (Lipinski definition) is 2. The van der Waals surface area contributed by atoms with Crippen LogP contribution in [0.5, 0.6) is 0 Å². The molecule has 0 aromatic heterocycles. The van der Waals surface area contributed by atoms with Gasteiger partial charge in [0.1, 0.15) is 0 Å². The molecule has 1 saturated heterocycles. The minimum Gasteiger partial charge on any atom is -0.322 e. The molecule has 0 atom stereocenters. The molecule has 1 aromatic carbocycles. The summed E-state index contributed by atoms with van der Waals surface area (Å²) in [7, 11) is 0. The van der Waals surface area contributed by atoms with Crippen molar-refractivity contribution in [2.75, 3.05) is 31.5 Å². The van der Waals surface area contributed by atoms with Crippen LogP contribution in [0.25, 0.3) is 0 Å². The number of carbonyl (C=O) groups is 1. The Bertz CT molecular complexity index is 502. The highest BCUT2D eigenvalue weighted by Crippen LogP contribution is 2.27. The predicted molar refractivity (Wildman–Crippen MR) is 81.1 cm³/mol. The first-order valence-corrected chi connectivity index (χ1v) is 7.51. The molecule has 2 fully saturated rings. The summed E-state index contributed by atoms with van der Waals surface area (Å²) in [5.41, 5.74) is 3.29. The summed E-state index contributed by atoms with van der Waals surface area (Å²) < 4.78 is 0. The van der Waals surface area contributed by atoms with Gasteiger partial charge in [-0.2, -0.15) is 0 Å². The van der Waals surface area contributed by atoms with E-state index in [-0.39, 0.29) is 6.03 Å². The zero-order valence-electron chi connectivity index (χ0n) is 12.4. The van der Waals surface area contributed by atoms with Gasteiger partial charge in [-0.15, -0.1) is 0 Å². The minimum atomic E-state index is 0.0362. The van der Waals surface area contributed by atoms with Crippen molar-refractivity contribution in [1.82, 2.24) is 9.80 Å². The third kappa shape index (κ3) is 2.80. The van der Waals surface area contributed by atoms with Gasteiger partial charge in [0.05, 0.1) is 0 Å². The summed E-state index contributed by atoms with van der Waals surface area (Å²) in [6.45, 7) is 7.84. The smallest absolute Gasteiger partial charge is 0.321 e. The zero-order valence-corrected chi connectivity index (χ0v) is 12.4. The van der Waals surface area contributed by atoms with Gasteiger partial charge in [-0.3, -0.25) is 4.90 Å². The number of anilines is 1. The fraction of sp³-hybridized carbons (Fsp3) is 0.562. The standard InChI is InChI=1S/C16H23N3O/c1-12-4-3-5-15(13(12)2)17-16(20)19-10-8-18(9-11-19)14-6-7-14/h3-5,14H,6-11H2,1-2H3,(H,17,20). The Morgan fingerprint density at radius 3 is 2.50 bits per heavy atom. The average molecular weight is 273 g/mol. The molecule has 2 aliphatic rings. The van der Waals surface area contributed by atoms with Crippen LogP contribution in [0.3, 0.4) is 0 Å². The van der Waals surface area contributed by atoms with Crippen LogP contribution in [0, 0.1) is 13.8 Å². The molecular formula is C16H23N3O. The van der Waals surface area contributed by atoms with Crippen molar-refractivity contribution in [2.24, 2.45) is 0 Å². The number of nitrogens with zero attached hydrogens (tertiary/aromatic N) is 2. The minimum absolute atomic E-state index is 0.0362. The first kappa shape index (κ1) is 13.4. The molecular weight excluding hydrogens is 250 g/mol. The van der Waals surface area contributed by atoms with Crippen molar-refractivity contribution in [2.45, 2.75) is 32.7 Å². The topological polar surface area (TPSA) is 35.6 Å². The summed E-state index contributed by atoms with van der Waals surface area (Å²) in [4.78, 5) is 16.8. The van der Waals surface area contributed by atoms with Gasteiger partial charge >= 0.3 is 6.03 Å². The SMILES string of the molecule is Cc1cccc(NC(=O)N2CCN(C3CC3)CC2)c1C. The molecule has 2 amide bonds. The van der Waals surface area contributed by atoms with Crippen molar-refractivity contribution >= 4 is 11.7 Å². The Hall–Kier alpha value is -1.55. The Morgan fingerprint density at radius 2 is 1.85 bits per heavy atom.